The van der Waals surface area contributed by atoms with Crippen LogP contribution in [0.3, 0.4) is 0 Å². The molecule has 0 radical (unpaired) electrons. The number of hydrogen-bond acceptors (Lipinski definition) is 4. The summed E-state index contributed by atoms with van der Waals surface area (Å²) in [6.07, 6.45) is 1.32. The summed E-state index contributed by atoms with van der Waals surface area (Å²) in [5.74, 6) is 2.02. The van der Waals surface area contributed by atoms with Gasteiger partial charge in [-0.05, 0) is 59.9 Å². The maximum Gasteiger partial charge on any atom is 0.225 e. The van der Waals surface area contributed by atoms with Crippen molar-refractivity contribution >= 4 is 11.7 Å². The lowest BCUT2D eigenvalue weighted by Crippen LogP contribution is -2.38. The molecule has 1 aliphatic heterocycles. The number of ketones is 1. The summed E-state index contributed by atoms with van der Waals surface area (Å²) in [6, 6.07) is 25.1. The Labute approximate surface area is 193 Å². The second kappa shape index (κ2) is 8.94. The molecule has 166 valence electrons. The lowest BCUT2D eigenvalue weighted by molar-refractivity contribution is -0.122. The molecule has 0 aromatic heterocycles. The number of nitrogens with one attached hydrogen (secondary N) is 1. The van der Waals surface area contributed by atoms with E-state index < -0.39 is 0 Å². The maximum atomic E-state index is 13.3. The summed E-state index contributed by atoms with van der Waals surface area (Å²) in [6.45, 7) is 0. The molecule has 3 aromatic carbocycles. The van der Waals surface area contributed by atoms with Gasteiger partial charge in [-0.15, -0.1) is 0 Å². The minimum Gasteiger partial charge on any atom is -0.497 e. The summed E-state index contributed by atoms with van der Waals surface area (Å²) < 4.78 is 11.2. The van der Waals surface area contributed by atoms with Crippen LogP contribution >= 0.6 is 0 Å². The number of ether oxygens (including phenoxy) is 2. The number of Topliss-reactive ketones (excluding diaryl/α,β-unsaturated/α-hetero) is 1. The van der Waals surface area contributed by atoms with Gasteiger partial charge in [0.1, 0.15) is 17.2 Å². The van der Waals surface area contributed by atoms with Crippen molar-refractivity contribution < 1.29 is 19.1 Å². The Kier molecular flexibility index (Phi) is 5.69. The van der Waals surface area contributed by atoms with Gasteiger partial charge in [-0.1, -0.05) is 42.5 Å². The van der Waals surface area contributed by atoms with Crippen LogP contribution in [0, 0.1) is 0 Å². The Bertz CT molecular complexity index is 1210. The average Bonchev–Trinajstić information content (AvgIpc) is 2.84. The van der Waals surface area contributed by atoms with Crippen molar-refractivity contribution in [2.75, 3.05) is 7.11 Å². The molecular formula is C28H25NO4. The lowest BCUT2D eigenvalue weighted by atomic mass is 9.73. The topological polar surface area (TPSA) is 64.6 Å². The van der Waals surface area contributed by atoms with Crippen LogP contribution in [-0.2, 0) is 9.59 Å². The van der Waals surface area contributed by atoms with E-state index in [9.17, 15) is 9.59 Å². The predicted molar refractivity (Wildman–Crippen MR) is 125 cm³/mol. The molecule has 0 spiro atoms. The smallest absolute Gasteiger partial charge is 0.225 e. The van der Waals surface area contributed by atoms with E-state index in [1.54, 1.807) is 7.11 Å². The zero-order chi connectivity index (χ0) is 22.8. The predicted octanol–water partition coefficient (Wildman–Crippen LogP) is 5.49. The Hall–Kier alpha value is -3.86. The van der Waals surface area contributed by atoms with E-state index in [1.807, 2.05) is 78.9 Å². The molecule has 2 aliphatic rings. The first-order chi connectivity index (χ1) is 16.1. The fraction of sp³-hybridized carbons (Fsp3) is 0.214. The van der Waals surface area contributed by atoms with E-state index in [0.29, 0.717) is 18.6 Å². The number of carbonyl (C=O) groups excluding carboxylic acids is 2. The van der Waals surface area contributed by atoms with Crippen molar-refractivity contribution in [3.05, 3.63) is 101 Å². The molecule has 1 heterocycles. The summed E-state index contributed by atoms with van der Waals surface area (Å²) in [7, 11) is 1.63. The first kappa shape index (κ1) is 21.0. The van der Waals surface area contributed by atoms with Gasteiger partial charge in [0.05, 0.1) is 7.11 Å². The van der Waals surface area contributed by atoms with Gasteiger partial charge in [-0.25, -0.2) is 0 Å². The number of allylic oxidation sites excluding steroid dienone is 2. The molecule has 0 unspecified atom stereocenters. The van der Waals surface area contributed by atoms with E-state index in [4.69, 9.17) is 9.47 Å². The molecule has 5 heteroatoms. The molecule has 1 aliphatic carbocycles. The minimum absolute atomic E-state index is 0.0361. The van der Waals surface area contributed by atoms with E-state index in [2.05, 4.69) is 5.32 Å². The van der Waals surface area contributed by atoms with Gasteiger partial charge in [0.2, 0.25) is 5.91 Å². The number of hydrogen-bond donors (Lipinski definition) is 1. The highest BCUT2D eigenvalue weighted by molar-refractivity contribution is 6.02. The van der Waals surface area contributed by atoms with Crippen LogP contribution < -0.4 is 14.8 Å². The van der Waals surface area contributed by atoms with Crippen LogP contribution in [0.1, 0.15) is 42.2 Å². The molecule has 0 saturated heterocycles. The fourth-order valence-corrected chi connectivity index (χ4v) is 4.78. The Morgan fingerprint density at radius 2 is 1.52 bits per heavy atom. The van der Waals surface area contributed by atoms with Crippen molar-refractivity contribution in [3.8, 4) is 17.2 Å². The summed E-state index contributed by atoms with van der Waals surface area (Å²) in [5, 5.41) is 2.99. The lowest BCUT2D eigenvalue weighted by Gasteiger charge is -2.34. The number of amides is 1. The Morgan fingerprint density at radius 3 is 2.27 bits per heavy atom. The number of rotatable bonds is 5. The molecule has 1 N–H and O–H groups in total. The van der Waals surface area contributed by atoms with Crippen LogP contribution in [0.25, 0.3) is 0 Å². The molecule has 1 amide bonds. The molecule has 0 bridgehead atoms. The van der Waals surface area contributed by atoms with Crippen molar-refractivity contribution in [2.24, 2.45) is 0 Å². The second-order valence-corrected chi connectivity index (χ2v) is 8.49. The number of para-hydroxylation sites is 1. The zero-order valence-corrected chi connectivity index (χ0v) is 18.4. The fourth-order valence-electron chi connectivity index (χ4n) is 4.78. The van der Waals surface area contributed by atoms with Gasteiger partial charge in [0.25, 0.3) is 0 Å². The molecule has 2 atom stereocenters. The van der Waals surface area contributed by atoms with E-state index >= 15 is 0 Å². The van der Waals surface area contributed by atoms with Crippen LogP contribution in [0.15, 0.2) is 90.1 Å². The normalized spacial score (nSPS) is 20.2. The zero-order valence-electron chi connectivity index (χ0n) is 18.4. The number of methoxy groups -OCH3 is 1. The monoisotopic (exact) mass is 439 g/mol. The van der Waals surface area contributed by atoms with E-state index in [0.717, 1.165) is 33.9 Å². The maximum absolute atomic E-state index is 13.3. The van der Waals surface area contributed by atoms with Crippen molar-refractivity contribution in [1.29, 1.82) is 0 Å². The molecule has 5 rings (SSSR count). The largest absolute Gasteiger partial charge is 0.497 e. The highest BCUT2D eigenvalue weighted by Crippen LogP contribution is 2.43. The SMILES string of the molecule is COc1ccc([C@@H]2CC(=O)C3=C(C2)NC(=O)C[C@@H]3c2cccc(Oc3ccccc3)c2)cc1. The van der Waals surface area contributed by atoms with Gasteiger partial charge in [0.15, 0.2) is 5.78 Å². The first-order valence-corrected chi connectivity index (χ1v) is 11.1. The highest BCUT2D eigenvalue weighted by Gasteiger charge is 2.38. The van der Waals surface area contributed by atoms with E-state index in [1.165, 1.54) is 0 Å². The van der Waals surface area contributed by atoms with Crippen molar-refractivity contribution in [2.45, 2.75) is 31.1 Å². The van der Waals surface area contributed by atoms with E-state index in [-0.39, 0.29) is 29.9 Å². The van der Waals surface area contributed by atoms with Crippen LogP contribution in [-0.4, -0.2) is 18.8 Å². The third kappa shape index (κ3) is 4.40. The van der Waals surface area contributed by atoms with Gasteiger partial charge < -0.3 is 14.8 Å². The van der Waals surface area contributed by atoms with Crippen LogP contribution in [0.4, 0.5) is 0 Å². The molecular weight excluding hydrogens is 414 g/mol. The third-order valence-electron chi connectivity index (χ3n) is 6.36. The van der Waals surface area contributed by atoms with Crippen LogP contribution in [0.2, 0.25) is 0 Å². The Balaban J connectivity index is 1.44. The van der Waals surface area contributed by atoms with Gasteiger partial charge in [0, 0.05) is 30.0 Å². The summed E-state index contributed by atoms with van der Waals surface area (Å²) in [5.41, 5.74) is 3.48. The van der Waals surface area contributed by atoms with Gasteiger partial charge in [-0.2, -0.15) is 0 Å². The summed E-state index contributed by atoms with van der Waals surface area (Å²) >= 11 is 0. The average molecular weight is 440 g/mol. The quantitative estimate of drug-likeness (QED) is 0.571. The molecule has 3 aromatic rings. The molecule has 0 saturated carbocycles. The van der Waals surface area contributed by atoms with Gasteiger partial charge >= 0.3 is 0 Å². The van der Waals surface area contributed by atoms with Gasteiger partial charge in [-0.3, -0.25) is 9.59 Å². The molecule has 0 fully saturated rings. The third-order valence-corrected chi connectivity index (χ3v) is 6.36. The molecule has 33 heavy (non-hydrogen) atoms. The highest BCUT2D eigenvalue weighted by atomic mass is 16.5. The summed E-state index contributed by atoms with van der Waals surface area (Å²) in [4.78, 5) is 25.9. The van der Waals surface area contributed by atoms with Crippen molar-refractivity contribution in [3.63, 3.8) is 0 Å². The number of carbonyl (C=O) groups is 2. The first-order valence-electron chi connectivity index (χ1n) is 11.1. The Morgan fingerprint density at radius 1 is 0.758 bits per heavy atom. The number of benzene rings is 3. The van der Waals surface area contributed by atoms with Crippen molar-refractivity contribution in [1.82, 2.24) is 5.32 Å². The standard InChI is InChI=1S/C28H25NO4/c1-32-21-12-10-18(11-13-21)20-15-25-28(26(30)16-20)24(17-27(31)29-25)19-6-5-9-23(14-19)33-22-7-3-2-4-8-22/h2-14,20,24H,15-17H2,1H3,(H,29,31)/t20-,24+/m0/s1. The van der Waals surface area contributed by atoms with Crippen LogP contribution in [0.5, 0.6) is 17.2 Å². The minimum atomic E-state index is -0.266. The molecule has 5 nitrogen and oxygen atoms in total. The second-order valence-electron chi connectivity index (χ2n) is 8.49.